The Labute approximate surface area is 193 Å². The quantitative estimate of drug-likeness (QED) is 0.223. The van der Waals surface area contributed by atoms with E-state index in [9.17, 15) is 0 Å². The Hall–Kier alpha value is -3.86. The molecule has 33 heavy (non-hydrogen) atoms. The molecule has 0 unspecified atom stereocenters. The number of fused-ring (bicyclic) bond motifs is 4. The van der Waals surface area contributed by atoms with E-state index >= 15 is 0 Å². The summed E-state index contributed by atoms with van der Waals surface area (Å²) in [5.74, 6) is 1.44. The molecule has 166 valence electrons. The van der Waals surface area contributed by atoms with Gasteiger partial charge in [0.2, 0.25) is 0 Å². The van der Waals surface area contributed by atoms with Crippen LogP contribution in [0.1, 0.15) is 20.8 Å². The van der Waals surface area contributed by atoms with Crippen molar-refractivity contribution in [3.05, 3.63) is 78.2 Å². The average molecular weight is 438 g/mol. The Morgan fingerprint density at radius 3 is 2.33 bits per heavy atom. The van der Waals surface area contributed by atoms with Crippen molar-refractivity contribution in [1.29, 1.82) is 0 Å². The summed E-state index contributed by atoms with van der Waals surface area (Å²) in [5, 5.41) is 2.90. The average Bonchev–Trinajstić information content (AvgIpc) is 2.85. The highest BCUT2D eigenvalue weighted by molar-refractivity contribution is 5.97. The monoisotopic (exact) mass is 437 g/mol. The maximum atomic E-state index is 6.47. The van der Waals surface area contributed by atoms with E-state index in [0.29, 0.717) is 18.0 Å². The zero-order chi connectivity index (χ0) is 22.8. The van der Waals surface area contributed by atoms with Crippen molar-refractivity contribution >= 4 is 33.2 Å². The third kappa shape index (κ3) is 3.91. The smallest absolute Gasteiger partial charge is 0.159 e. The van der Waals surface area contributed by atoms with E-state index in [-0.39, 0.29) is 0 Å². The summed E-state index contributed by atoms with van der Waals surface area (Å²) in [6.07, 6.45) is 0. The Kier molecular flexibility index (Phi) is 5.69. The van der Waals surface area contributed by atoms with Gasteiger partial charge in [0.1, 0.15) is 11.2 Å². The van der Waals surface area contributed by atoms with Gasteiger partial charge in [0.05, 0.1) is 17.7 Å². The first-order chi connectivity index (χ1) is 16.2. The molecule has 0 saturated heterocycles. The molecule has 1 aliphatic carbocycles. The van der Waals surface area contributed by atoms with Gasteiger partial charge in [0, 0.05) is 47.7 Å². The van der Waals surface area contributed by atoms with Crippen LogP contribution >= 0.6 is 0 Å². The highest BCUT2D eigenvalue weighted by Crippen LogP contribution is 2.36. The normalized spacial score (nSPS) is 12.0. The van der Waals surface area contributed by atoms with Crippen molar-refractivity contribution in [3.63, 3.8) is 0 Å². The molecule has 0 atom stereocenters. The number of hydrogen-bond donors (Lipinski definition) is 0. The molecule has 3 aromatic rings. The lowest BCUT2D eigenvalue weighted by Crippen LogP contribution is -2.21. The zero-order valence-electron chi connectivity index (χ0n) is 19.2. The molecule has 2 aliphatic rings. The van der Waals surface area contributed by atoms with E-state index in [1.165, 1.54) is 0 Å². The van der Waals surface area contributed by atoms with E-state index in [2.05, 4.69) is 43.0 Å². The molecule has 5 nitrogen and oxygen atoms in total. The van der Waals surface area contributed by atoms with Crippen LogP contribution in [-0.2, 0) is 0 Å². The number of rotatable bonds is 6. The largest absolute Gasteiger partial charge is 0.491 e. The summed E-state index contributed by atoms with van der Waals surface area (Å²) in [7, 11) is 0. The van der Waals surface area contributed by atoms with Crippen molar-refractivity contribution in [2.24, 2.45) is 4.99 Å². The molecule has 5 heteroatoms. The van der Waals surface area contributed by atoms with Gasteiger partial charge >= 0.3 is 0 Å². The molecule has 5 rings (SSSR count). The van der Waals surface area contributed by atoms with E-state index in [1.54, 1.807) is 0 Å². The van der Waals surface area contributed by atoms with Crippen LogP contribution in [0, 0.1) is 0 Å². The molecular formula is C28H27N3O2. The molecule has 0 saturated carbocycles. The van der Waals surface area contributed by atoms with Crippen molar-refractivity contribution in [2.45, 2.75) is 20.8 Å². The maximum Gasteiger partial charge on any atom is 0.159 e. The van der Waals surface area contributed by atoms with E-state index < -0.39 is 0 Å². The first-order valence-corrected chi connectivity index (χ1v) is 11.5. The topological polar surface area (TPSA) is 50.9 Å². The van der Waals surface area contributed by atoms with Gasteiger partial charge in [-0.05, 0) is 32.9 Å². The van der Waals surface area contributed by atoms with Gasteiger partial charge < -0.3 is 14.1 Å². The van der Waals surface area contributed by atoms with Crippen LogP contribution in [0.25, 0.3) is 33.3 Å². The summed E-state index contributed by atoms with van der Waals surface area (Å²) < 4.78 is 12.5. The minimum Gasteiger partial charge on any atom is -0.491 e. The number of benzene rings is 4. The lowest BCUT2D eigenvalue weighted by Gasteiger charge is -2.22. The van der Waals surface area contributed by atoms with E-state index in [0.717, 1.165) is 57.6 Å². The molecule has 3 aromatic carbocycles. The summed E-state index contributed by atoms with van der Waals surface area (Å²) in [4.78, 5) is 12.2. The summed E-state index contributed by atoms with van der Waals surface area (Å²) >= 11 is 0. The van der Waals surface area contributed by atoms with Gasteiger partial charge in [0.25, 0.3) is 0 Å². The molecule has 0 spiro atoms. The Morgan fingerprint density at radius 1 is 0.879 bits per heavy atom. The molecule has 0 bridgehead atoms. The molecular weight excluding hydrogens is 410 g/mol. The van der Waals surface area contributed by atoms with Crippen LogP contribution in [-0.4, -0.2) is 24.7 Å². The fraction of sp³-hybridized carbons (Fsp3) is 0.214. The zero-order valence-corrected chi connectivity index (χ0v) is 19.2. The van der Waals surface area contributed by atoms with Gasteiger partial charge in [0.15, 0.2) is 17.1 Å². The van der Waals surface area contributed by atoms with Crippen LogP contribution < -0.4 is 15.0 Å². The molecule has 1 heterocycles. The SMILES string of the molecule is CCOc1cc(N(CC)CC)cc2oc3c/c(=N/c4ccccc4)c4ccccc4c-3nc12. The second-order valence-corrected chi connectivity index (χ2v) is 7.85. The lowest BCUT2D eigenvalue weighted by atomic mass is 10.0. The van der Waals surface area contributed by atoms with Gasteiger partial charge in [-0.25, -0.2) is 9.98 Å². The number of anilines is 1. The molecule has 0 radical (unpaired) electrons. The number of ether oxygens (including phenoxy) is 1. The minimum atomic E-state index is 0.562. The molecule has 0 N–H and O–H groups in total. The lowest BCUT2D eigenvalue weighted by molar-refractivity contribution is 0.343. The number of aromatic nitrogens is 1. The maximum absolute atomic E-state index is 6.47. The van der Waals surface area contributed by atoms with Crippen LogP contribution in [0.15, 0.2) is 82.2 Å². The van der Waals surface area contributed by atoms with E-state index in [1.807, 2.05) is 55.5 Å². The fourth-order valence-corrected chi connectivity index (χ4v) is 4.27. The summed E-state index contributed by atoms with van der Waals surface area (Å²) in [5.41, 5.74) is 4.21. The highest BCUT2D eigenvalue weighted by atomic mass is 16.5. The van der Waals surface area contributed by atoms with Crippen LogP contribution in [0.3, 0.4) is 0 Å². The molecule has 0 amide bonds. The van der Waals surface area contributed by atoms with Crippen molar-refractivity contribution in [3.8, 4) is 17.2 Å². The number of nitrogens with zero attached hydrogens (tertiary/aromatic N) is 3. The summed E-state index contributed by atoms with van der Waals surface area (Å²) in [6, 6.07) is 24.3. The second kappa shape index (κ2) is 8.94. The first-order valence-electron chi connectivity index (χ1n) is 11.5. The van der Waals surface area contributed by atoms with Gasteiger partial charge in [-0.1, -0.05) is 42.5 Å². The highest BCUT2D eigenvalue weighted by Gasteiger charge is 2.19. The molecule has 0 fully saturated rings. The molecule has 0 aromatic heterocycles. The predicted molar refractivity (Wildman–Crippen MR) is 135 cm³/mol. The van der Waals surface area contributed by atoms with Crippen LogP contribution in [0.4, 0.5) is 11.4 Å². The standard InChI is InChI=1S/C28H27N3O2/c1-4-31(5-2)20-16-24(32-6-3)28-25(17-20)33-26-18-23(29-19-12-8-7-9-13-19)21-14-10-11-15-22(21)27(26)30-28/h7-18H,4-6H2,1-3H3/b29-23-. The Morgan fingerprint density at radius 2 is 1.61 bits per heavy atom. The van der Waals surface area contributed by atoms with Crippen molar-refractivity contribution in [2.75, 3.05) is 24.6 Å². The van der Waals surface area contributed by atoms with Gasteiger partial charge in [-0.3, -0.25) is 0 Å². The molecule has 1 aliphatic heterocycles. The Bertz CT molecular complexity index is 1450. The van der Waals surface area contributed by atoms with E-state index in [4.69, 9.17) is 19.1 Å². The first kappa shape index (κ1) is 21.0. The van der Waals surface area contributed by atoms with Gasteiger partial charge in [-0.15, -0.1) is 0 Å². The minimum absolute atomic E-state index is 0.562. The Balaban J connectivity index is 1.84. The summed E-state index contributed by atoms with van der Waals surface area (Å²) in [6.45, 7) is 8.65. The van der Waals surface area contributed by atoms with Crippen molar-refractivity contribution in [1.82, 2.24) is 4.98 Å². The number of hydrogen-bond acceptors (Lipinski definition) is 5. The predicted octanol–water partition coefficient (Wildman–Crippen LogP) is 6.56. The fourth-order valence-electron chi connectivity index (χ4n) is 4.27. The number of para-hydroxylation sites is 1. The third-order valence-electron chi connectivity index (χ3n) is 5.86. The third-order valence-corrected chi connectivity index (χ3v) is 5.86. The van der Waals surface area contributed by atoms with Crippen molar-refractivity contribution < 1.29 is 9.15 Å². The van der Waals surface area contributed by atoms with Crippen LogP contribution in [0.2, 0.25) is 0 Å². The van der Waals surface area contributed by atoms with Gasteiger partial charge in [-0.2, -0.15) is 0 Å². The second-order valence-electron chi connectivity index (χ2n) is 7.85. The van der Waals surface area contributed by atoms with Crippen LogP contribution in [0.5, 0.6) is 5.75 Å².